The van der Waals surface area contributed by atoms with Gasteiger partial charge in [-0.25, -0.2) is 9.37 Å². The fraction of sp³-hybridized carbons (Fsp3) is 0.292. The van der Waals surface area contributed by atoms with Gasteiger partial charge in [0.2, 0.25) is 0 Å². The van der Waals surface area contributed by atoms with Gasteiger partial charge in [-0.15, -0.1) is 0 Å². The molecule has 0 unspecified atom stereocenters. The third-order valence-corrected chi connectivity index (χ3v) is 6.21. The number of anilines is 1. The average Bonchev–Trinajstić information content (AvgIpc) is 3.57. The summed E-state index contributed by atoms with van der Waals surface area (Å²) < 4.78 is 14.3. The van der Waals surface area contributed by atoms with Gasteiger partial charge in [0.05, 0.1) is 11.4 Å². The predicted molar refractivity (Wildman–Crippen MR) is 120 cm³/mol. The van der Waals surface area contributed by atoms with E-state index in [0.29, 0.717) is 23.0 Å². The van der Waals surface area contributed by atoms with Crippen molar-refractivity contribution in [3.8, 4) is 22.6 Å². The van der Waals surface area contributed by atoms with E-state index in [-0.39, 0.29) is 5.82 Å². The standard InChI is InChI=1S/C24H23FN6/c25-19-2-1-6-27-23(19)21-12-17-16(5-7-28-24(17)30-21)20-13-22(31-10-8-26-9-11-31)18(14-29-20)15-3-4-15/h1-2,5-7,12-15,26H,3-4,8-11H2,(H,28,30). The maximum atomic E-state index is 14.3. The van der Waals surface area contributed by atoms with Gasteiger partial charge in [-0.1, -0.05) is 0 Å². The number of aromatic amines is 1. The van der Waals surface area contributed by atoms with Gasteiger partial charge in [-0.2, -0.15) is 0 Å². The molecule has 31 heavy (non-hydrogen) atoms. The van der Waals surface area contributed by atoms with Crippen LogP contribution in [0.3, 0.4) is 0 Å². The number of rotatable bonds is 4. The van der Waals surface area contributed by atoms with Crippen LogP contribution >= 0.6 is 0 Å². The number of halogens is 1. The number of nitrogens with one attached hydrogen (secondary N) is 2. The summed E-state index contributed by atoms with van der Waals surface area (Å²) in [4.78, 5) is 19.2. The molecule has 5 heterocycles. The Balaban J connectivity index is 1.47. The van der Waals surface area contributed by atoms with Crippen molar-refractivity contribution in [1.82, 2.24) is 25.3 Å². The van der Waals surface area contributed by atoms with Crippen molar-refractivity contribution in [3.63, 3.8) is 0 Å². The molecule has 1 saturated heterocycles. The first-order chi connectivity index (χ1) is 15.3. The van der Waals surface area contributed by atoms with E-state index in [4.69, 9.17) is 4.98 Å². The van der Waals surface area contributed by atoms with Crippen LogP contribution in [0.15, 0.2) is 48.9 Å². The molecule has 4 aromatic rings. The number of nitrogens with zero attached hydrogens (tertiary/aromatic N) is 4. The van der Waals surface area contributed by atoms with Gasteiger partial charge in [0.1, 0.15) is 11.3 Å². The number of piperazine rings is 1. The molecule has 6 rings (SSSR count). The Labute approximate surface area is 179 Å². The smallest absolute Gasteiger partial charge is 0.150 e. The van der Waals surface area contributed by atoms with Crippen molar-refractivity contribution in [2.75, 3.05) is 31.1 Å². The minimum Gasteiger partial charge on any atom is -0.369 e. The lowest BCUT2D eigenvalue weighted by Crippen LogP contribution is -2.43. The van der Waals surface area contributed by atoms with Gasteiger partial charge >= 0.3 is 0 Å². The van der Waals surface area contributed by atoms with Crippen molar-refractivity contribution in [3.05, 3.63) is 60.3 Å². The molecule has 2 aliphatic rings. The quantitative estimate of drug-likeness (QED) is 0.526. The van der Waals surface area contributed by atoms with E-state index in [1.165, 1.54) is 30.2 Å². The zero-order valence-corrected chi connectivity index (χ0v) is 17.1. The second-order valence-electron chi connectivity index (χ2n) is 8.28. The molecule has 4 aromatic heterocycles. The molecule has 0 radical (unpaired) electrons. The van der Waals surface area contributed by atoms with Crippen molar-refractivity contribution < 1.29 is 4.39 Å². The highest BCUT2D eigenvalue weighted by Gasteiger charge is 2.29. The first kappa shape index (κ1) is 18.4. The zero-order chi connectivity index (χ0) is 20.8. The van der Waals surface area contributed by atoms with Crippen molar-refractivity contribution in [2.24, 2.45) is 0 Å². The molecule has 0 atom stereocenters. The van der Waals surface area contributed by atoms with Crippen molar-refractivity contribution in [2.45, 2.75) is 18.8 Å². The van der Waals surface area contributed by atoms with Gasteiger partial charge in [0.25, 0.3) is 0 Å². The van der Waals surface area contributed by atoms with Crippen LogP contribution in [-0.2, 0) is 0 Å². The Morgan fingerprint density at radius 3 is 2.68 bits per heavy atom. The summed E-state index contributed by atoms with van der Waals surface area (Å²) in [6.45, 7) is 4.00. The average molecular weight is 414 g/mol. The lowest BCUT2D eigenvalue weighted by atomic mass is 10.0. The summed E-state index contributed by atoms with van der Waals surface area (Å²) in [7, 11) is 0. The summed E-state index contributed by atoms with van der Waals surface area (Å²) in [5.41, 5.74) is 6.18. The van der Waals surface area contributed by atoms with E-state index in [0.717, 1.165) is 42.8 Å². The first-order valence-electron chi connectivity index (χ1n) is 10.8. The number of fused-ring (bicyclic) bond motifs is 1. The van der Waals surface area contributed by atoms with Crippen LogP contribution in [0.2, 0.25) is 0 Å². The second kappa shape index (κ2) is 7.42. The molecule has 7 heteroatoms. The van der Waals surface area contributed by atoms with Crippen LogP contribution < -0.4 is 10.2 Å². The van der Waals surface area contributed by atoms with E-state index in [1.807, 2.05) is 12.1 Å². The Bertz CT molecular complexity index is 1260. The Morgan fingerprint density at radius 1 is 1.00 bits per heavy atom. The molecule has 6 nitrogen and oxygen atoms in total. The molecular weight excluding hydrogens is 391 g/mol. The highest BCUT2D eigenvalue weighted by atomic mass is 19.1. The highest BCUT2D eigenvalue weighted by molar-refractivity contribution is 5.95. The molecule has 0 aromatic carbocycles. The molecule has 1 aliphatic carbocycles. The number of pyridine rings is 3. The summed E-state index contributed by atoms with van der Waals surface area (Å²) in [5, 5.41) is 4.35. The molecule has 2 N–H and O–H groups in total. The molecule has 1 saturated carbocycles. The molecule has 0 amide bonds. The Hall–Kier alpha value is -3.32. The molecular formula is C24H23FN6. The van der Waals surface area contributed by atoms with Crippen molar-refractivity contribution >= 4 is 16.7 Å². The predicted octanol–water partition coefficient (Wildman–Crippen LogP) is 4.11. The summed E-state index contributed by atoms with van der Waals surface area (Å²) in [6, 6.07) is 9.13. The van der Waals surface area contributed by atoms with E-state index < -0.39 is 0 Å². The lowest BCUT2D eigenvalue weighted by Gasteiger charge is -2.31. The third kappa shape index (κ3) is 3.35. The van der Waals surface area contributed by atoms with E-state index in [9.17, 15) is 4.39 Å². The van der Waals surface area contributed by atoms with Crippen LogP contribution in [0.25, 0.3) is 33.7 Å². The number of hydrogen-bond donors (Lipinski definition) is 2. The van der Waals surface area contributed by atoms with Gasteiger partial charge < -0.3 is 15.2 Å². The number of aromatic nitrogens is 4. The van der Waals surface area contributed by atoms with Gasteiger partial charge in [0, 0.05) is 61.4 Å². The second-order valence-corrected chi connectivity index (χ2v) is 8.28. The Morgan fingerprint density at radius 2 is 1.87 bits per heavy atom. The monoisotopic (exact) mass is 414 g/mol. The fourth-order valence-electron chi connectivity index (χ4n) is 4.45. The van der Waals surface area contributed by atoms with Gasteiger partial charge in [0.15, 0.2) is 5.82 Å². The van der Waals surface area contributed by atoms with Crippen LogP contribution in [0, 0.1) is 5.82 Å². The van der Waals surface area contributed by atoms with Gasteiger partial charge in [-0.3, -0.25) is 9.97 Å². The lowest BCUT2D eigenvalue weighted by molar-refractivity contribution is 0.587. The van der Waals surface area contributed by atoms with Crippen molar-refractivity contribution in [1.29, 1.82) is 0 Å². The maximum absolute atomic E-state index is 14.3. The van der Waals surface area contributed by atoms with Crippen LogP contribution in [0.1, 0.15) is 24.3 Å². The molecule has 156 valence electrons. The minimum atomic E-state index is -0.358. The molecule has 2 fully saturated rings. The SMILES string of the molecule is Fc1cccnc1-c1cc2c(-c3cc(N4CCNCC4)c(C4CC4)cn3)ccnc2[nH]1. The Kier molecular flexibility index (Phi) is 4.42. The van der Waals surface area contributed by atoms with E-state index in [2.05, 4.69) is 37.4 Å². The first-order valence-corrected chi connectivity index (χ1v) is 10.8. The summed E-state index contributed by atoms with van der Waals surface area (Å²) >= 11 is 0. The minimum absolute atomic E-state index is 0.296. The normalized spacial score (nSPS) is 16.7. The zero-order valence-electron chi connectivity index (χ0n) is 17.1. The van der Waals surface area contributed by atoms with E-state index in [1.54, 1.807) is 18.5 Å². The highest BCUT2D eigenvalue weighted by Crippen LogP contribution is 2.45. The molecule has 0 bridgehead atoms. The van der Waals surface area contributed by atoms with Crippen LogP contribution in [-0.4, -0.2) is 46.1 Å². The third-order valence-electron chi connectivity index (χ3n) is 6.21. The topological polar surface area (TPSA) is 69.7 Å². The summed E-state index contributed by atoms with van der Waals surface area (Å²) in [5.74, 6) is 0.276. The number of hydrogen-bond acceptors (Lipinski definition) is 5. The number of H-pyrrole nitrogens is 1. The van der Waals surface area contributed by atoms with Crippen LogP contribution in [0.5, 0.6) is 0 Å². The van der Waals surface area contributed by atoms with E-state index >= 15 is 0 Å². The summed E-state index contributed by atoms with van der Waals surface area (Å²) in [6.07, 6.45) is 7.92. The molecule has 0 spiro atoms. The molecule has 1 aliphatic heterocycles. The fourth-order valence-corrected chi connectivity index (χ4v) is 4.45. The largest absolute Gasteiger partial charge is 0.369 e. The van der Waals surface area contributed by atoms with Gasteiger partial charge in [-0.05, 0) is 54.7 Å². The maximum Gasteiger partial charge on any atom is 0.150 e. The van der Waals surface area contributed by atoms with Crippen LogP contribution in [0.4, 0.5) is 10.1 Å².